The van der Waals surface area contributed by atoms with E-state index in [4.69, 9.17) is 6.42 Å². The highest BCUT2D eigenvalue weighted by Gasteiger charge is 2.27. The van der Waals surface area contributed by atoms with Gasteiger partial charge < -0.3 is 10.2 Å². The molecule has 0 saturated carbocycles. The number of hydrogen-bond acceptors (Lipinski definition) is 4. The van der Waals surface area contributed by atoms with Gasteiger partial charge in [0.15, 0.2) is 0 Å². The first-order valence-corrected chi connectivity index (χ1v) is 10.3. The number of nitrogens with zero attached hydrogens (tertiary/aromatic N) is 2. The Hall–Kier alpha value is -2.04. The molecule has 1 saturated heterocycles. The van der Waals surface area contributed by atoms with E-state index in [-0.39, 0.29) is 10.8 Å². The van der Waals surface area contributed by atoms with E-state index in [1.165, 1.54) is 4.31 Å². The molecule has 0 unspecified atom stereocenters. The predicted molar refractivity (Wildman–Crippen MR) is 105 cm³/mol. The largest absolute Gasteiger partial charge is 0.376 e. The lowest BCUT2D eigenvalue weighted by molar-refractivity contribution is -0.116. The van der Waals surface area contributed by atoms with Crippen LogP contribution in [0, 0.1) is 12.3 Å². The standard InChI is InChI=1S/C19H27N3O3S/c1-4-5-7-10-19(23)20-17-15-16(11-12-18(17)21(2)3)26(24,25)22-13-8-6-9-14-22/h1,11-12,15H,5-10,13-14H2,2-3H3,(H,20,23). The molecule has 0 aliphatic carbocycles. The topological polar surface area (TPSA) is 69.7 Å². The number of amides is 1. The van der Waals surface area contributed by atoms with Crippen LogP contribution in [0.1, 0.15) is 38.5 Å². The Kier molecular flexibility index (Phi) is 7.06. The monoisotopic (exact) mass is 377 g/mol. The maximum absolute atomic E-state index is 12.9. The highest BCUT2D eigenvalue weighted by molar-refractivity contribution is 7.89. The van der Waals surface area contributed by atoms with Gasteiger partial charge in [0.25, 0.3) is 0 Å². The van der Waals surface area contributed by atoms with Gasteiger partial charge in [-0.05, 0) is 37.5 Å². The third-order valence-electron chi connectivity index (χ3n) is 4.40. The number of terminal acetylenes is 1. The Morgan fingerprint density at radius 1 is 1.27 bits per heavy atom. The summed E-state index contributed by atoms with van der Waals surface area (Å²) in [5, 5.41) is 2.83. The lowest BCUT2D eigenvalue weighted by Gasteiger charge is -2.26. The molecular formula is C19H27N3O3S. The fraction of sp³-hybridized carbons (Fsp3) is 0.526. The molecular weight excluding hydrogens is 350 g/mol. The molecule has 1 aromatic rings. The number of rotatable bonds is 7. The Morgan fingerprint density at radius 3 is 2.58 bits per heavy atom. The predicted octanol–water partition coefficient (Wildman–Crippen LogP) is 2.67. The smallest absolute Gasteiger partial charge is 0.243 e. The van der Waals surface area contributed by atoms with Crippen molar-refractivity contribution in [2.45, 2.75) is 43.4 Å². The zero-order chi connectivity index (χ0) is 19.2. The minimum absolute atomic E-state index is 0.170. The molecule has 1 amide bonds. The van der Waals surface area contributed by atoms with Gasteiger partial charge in [0.1, 0.15) is 0 Å². The number of nitrogens with one attached hydrogen (secondary N) is 1. The third-order valence-corrected chi connectivity index (χ3v) is 6.30. The molecule has 1 heterocycles. The van der Waals surface area contributed by atoms with Crippen LogP contribution in [-0.2, 0) is 14.8 Å². The van der Waals surface area contributed by atoms with Crippen LogP contribution in [0.25, 0.3) is 0 Å². The molecule has 1 N–H and O–H groups in total. The summed E-state index contributed by atoms with van der Waals surface area (Å²) in [6, 6.07) is 4.89. The van der Waals surface area contributed by atoms with E-state index < -0.39 is 10.0 Å². The average molecular weight is 378 g/mol. The Bertz CT molecular complexity index is 776. The Balaban J connectivity index is 2.27. The number of piperidine rings is 1. The van der Waals surface area contributed by atoms with Crippen molar-refractivity contribution in [2.75, 3.05) is 37.4 Å². The third kappa shape index (κ3) is 4.99. The summed E-state index contributed by atoms with van der Waals surface area (Å²) in [5.74, 6) is 2.34. The summed E-state index contributed by atoms with van der Waals surface area (Å²) in [5.41, 5.74) is 1.26. The lowest BCUT2D eigenvalue weighted by atomic mass is 10.2. The van der Waals surface area contributed by atoms with E-state index in [2.05, 4.69) is 11.2 Å². The van der Waals surface area contributed by atoms with Crippen molar-refractivity contribution < 1.29 is 13.2 Å². The van der Waals surface area contributed by atoms with Crippen molar-refractivity contribution in [3.63, 3.8) is 0 Å². The molecule has 1 aromatic carbocycles. The SMILES string of the molecule is C#CCCCC(=O)Nc1cc(S(=O)(=O)N2CCCCC2)ccc1N(C)C. The van der Waals surface area contributed by atoms with E-state index in [9.17, 15) is 13.2 Å². The highest BCUT2D eigenvalue weighted by atomic mass is 32.2. The van der Waals surface area contributed by atoms with E-state index in [1.54, 1.807) is 18.2 Å². The fourth-order valence-electron chi connectivity index (χ4n) is 2.98. The number of sulfonamides is 1. The first kappa shape index (κ1) is 20.3. The van der Waals surface area contributed by atoms with E-state index >= 15 is 0 Å². The average Bonchev–Trinajstić information content (AvgIpc) is 2.62. The van der Waals surface area contributed by atoms with E-state index in [1.807, 2.05) is 19.0 Å². The summed E-state index contributed by atoms with van der Waals surface area (Å²) < 4.78 is 27.3. The number of unbranched alkanes of at least 4 members (excludes halogenated alkanes) is 1. The van der Waals surface area contributed by atoms with Gasteiger partial charge in [0, 0.05) is 40.0 Å². The number of carbonyl (C=O) groups is 1. The molecule has 7 heteroatoms. The normalized spacial score (nSPS) is 15.3. The maximum Gasteiger partial charge on any atom is 0.243 e. The summed E-state index contributed by atoms with van der Waals surface area (Å²) in [6.45, 7) is 1.09. The molecule has 0 atom stereocenters. The van der Waals surface area contributed by atoms with Crippen LogP contribution in [0.4, 0.5) is 11.4 Å². The number of hydrogen-bond donors (Lipinski definition) is 1. The van der Waals surface area contributed by atoms with Crippen molar-refractivity contribution in [1.29, 1.82) is 0 Å². The Labute approximate surface area is 156 Å². The van der Waals surface area contributed by atoms with E-state index in [0.717, 1.165) is 24.9 Å². The summed E-state index contributed by atoms with van der Waals surface area (Å²) in [6.07, 6.45) is 9.48. The summed E-state index contributed by atoms with van der Waals surface area (Å²) >= 11 is 0. The van der Waals surface area contributed by atoms with Crippen LogP contribution >= 0.6 is 0 Å². The first-order chi connectivity index (χ1) is 12.4. The van der Waals surface area contributed by atoms with Crippen LogP contribution in [0.2, 0.25) is 0 Å². The second-order valence-corrected chi connectivity index (χ2v) is 8.58. The van der Waals surface area contributed by atoms with Gasteiger partial charge in [-0.15, -0.1) is 12.3 Å². The second-order valence-electron chi connectivity index (χ2n) is 6.64. The van der Waals surface area contributed by atoms with Crippen molar-refractivity contribution in [1.82, 2.24) is 4.31 Å². The van der Waals surface area contributed by atoms with Gasteiger partial charge in [-0.2, -0.15) is 4.31 Å². The van der Waals surface area contributed by atoms with Gasteiger partial charge in [0.2, 0.25) is 15.9 Å². The van der Waals surface area contributed by atoms with Crippen LogP contribution in [-0.4, -0.2) is 45.8 Å². The van der Waals surface area contributed by atoms with Gasteiger partial charge in [0.05, 0.1) is 16.3 Å². The summed E-state index contributed by atoms with van der Waals surface area (Å²) in [7, 11) is 0.152. The number of benzene rings is 1. The van der Waals surface area contributed by atoms with Crippen molar-refractivity contribution in [2.24, 2.45) is 0 Å². The molecule has 0 bridgehead atoms. The molecule has 0 aromatic heterocycles. The van der Waals surface area contributed by atoms with Crippen molar-refractivity contribution in [3.05, 3.63) is 18.2 Å². The lowest BCUT2D eigenvalue weighted by Crippen LogP contribution is -2.35. The van der Waals surface area contributed by atoms with Crippen LogP contribution in [0.15, 0.2) is 23.1 Å². The molecule has 6 nitrogen and oxygen atoms in total. The molecule has 26 heavy (non-hydrogen) atoms. The summed E-state index contributed by atoms with van der Waals surface area (Å²) in [4.78, 5) is 14.2. The molecule has 1 aliphatic heterocycles. The number of anilines is 2. The Morgan fingerprint density at radius 2 is 1.96 bits per heavy atom. The highest BCUT2D eigenvalue weighted by Crippen LogP contribution is 2.30. The molecule has 142 valence electrons. The quantitative estimate of drug-likeness (QED) is 0.586. The number of carbonyl (C=O) groups excluding carboxylic acids is 1. The van der Waals surface area contributed by atoms with Crippen molar-refractivity contribution >= 4 is 27.3 Å². The minimum Gasteiger partial charge on any atom is -0.376 e. The molecule has 0 radical (unpaired) electrons. The first-order valence-electron chi connectivity index (χ1n) is 8.91. The fourth-order valence-corrected chi connectivity index (χ4v) is 4.53. The van der Waals surface area contributed by atoms with Gasteiger partial charge in [-0.3, -0.25) is 4.79 Å². The van der Waals surface area contributed by atoms with Crippen LogP contribution in [0.3, 0.4) is 0 Å². The van der Waals surface area contributed by atoms with Crippen molar-refractivity contribution in [3.8, 4) is 12.3 Å². The molecule has 1 fully saturated rings. The maximum atomic E-state index is 12.9. The zero-order valence-corrected chi connectivity index (χ0v) is 16.3. The van der Waals surface area contributed by atoms with Crippen LogP contribution in [0.5, 0.6) is 0 Å². The van der Waals surface area contributed by atoms with E-state index in [0.29, 0.717) is 38.0 Å². The molecule has 2 rings (SSSR count). The second kappa shape index (κ2) is 9.06. The van der Waals surface area contributed by atoms with Crippen LogP contribution < -0.4 is 10.2 Å². The van der Waals surface area contributed by atoms with Gasteiger partial charge >= 0.3 is 0 Å². The molecule has 1 aliphatic rings. The van der Waals surface area contributed by atoms with Gasteiger partial charge in [-0.1, -0.05) is 6.42 Å². The molecule has 0 spiro atoms. The zero-order valence-electron chi connectivity index (χ0n) is 15.5. The van der Waals surface area contributed by atoms with Gasteiger partial charge in [-0.25, -0.2) is 8.42 Å². The minimum atomic E-state index is -3.55.